The van der Waals surface area contributed by atoms with Gasteiger partial charge in [0.25, 0.3) is 0 Å². The fourth-order valence-corrected chi connectivity index (χ4v) is 2.29. The zero-order valence-electron chi connectivity index (χ0n) is 9.87. The molecule has 3 nitrogen and oxygen atoms in total. The average Bonchev–Trinajstić information content (AvgIpc) is 2.76. The highest BCUT2D eigenvalue weighted by molar-refractivity contribution is 4.76. The Labute approximate surface area is 93.2 Å². The lowest BCUT2D eigenvalue weighted by atomic mass is 10.00. The molecule has 2 N–H and O–H groups in total. The molecule has 1 aliphatic carbocycles. The van der Waals surface area contributed by atoms with E-state index in [2.05, 4.69) is 12.2 Å². The number of ether oxygens (including phenoxy) is 1. The summed E-state index contributed by atoms with van der Waals surface area (Å²) in [5, 5.41) is 12.1. The van der Waals surface area contributed by atoms with E-state index in [-0.39, 0.29) is 6.61 Å². The van der Waals surface area contributed by atoms with Crippen LogP contribution in [0.3, 0.4) is 0 Å². The maximum Gasteiger partial charge on any atom is 0.0697 e. The van der Waals surface area contributed by atoms with Gasteiger partial charge in [-0.1, -0.05) is 12.8 Å². The Morgan fingerprint density at radius 2 is 2.07 bits per heavy atom. The Kier molecular flexibility index (Phi) is 6.98. The largest absolute Gasteiger partial charge is 0.394 e. The first-order valence-corrected chi connectivity index (χ1v) is 6.26. The van der Waals surface area contributed by atoms with Gasteiger partial charge in [0, 0.05) is 12.6 Å². The molecular weight excluding hydrogens is 190 g/mol. The quantitative estimate of drug-likeness (QED) is 0.604. The second-order valence-electron chi connectivity index (χ2n) is 4.48. The van der Waals surface area contributed by atoms with Crippen molar-refractivity contribution in [3.05, 3.63) is 0 Å². The number of hydrogen-bond acceptors (Lipinski definition) is 3. The molecule has 15 heavy (non-hydrogen) atoms. The van der Waals surface area contributed by atoms with Crippen LogP contribution in [-0.2, 0) is 4.74 Å². The highest BCUT2D eigenvalue weighted by Gasteiger charge is 2.20. The molecule has 0 aromatic rings. The van der Waals surface area contributed by atoms with Crippen LogP contribution >= 0.6 is 0 Å². The summed E-state index contributed by atoms with van der Waals surface area (Å²) in [6.07, 6.45) is 6.66. The van der Waals surface area contributed by atoms with Crippen LogP contribution < -0.4 is 5.32 Å². The molecule has 0 aromatic heterocycles. The summed E-state index contributed by atoms with van der Waals surface area (Å²) in [4.78, 5) is 0. The molecular formula is C12H25NO2. The molecule has 3 heteroatoms. The molecule has 1 aliphatic rings. The Morgan fingerprint density at radius 3 is 2.73 bits per heavy atom. The van der Waals surface area contributed by atoms with Crippen LogP contribution in [0.1, 0.15) is 39.0 Å². The minimum Gasteiger partial charge on any atom is -0.394 e. The van der Waals surface area contributed by atoms with Crippen LogP contribution in [0.5, 0.6) is 0 Å². The summed E-state index contributed by atoms with van der Waals surface area (Å²) in [5.74, 6) is 0.892. The zero-order valence-corrected chi connectivity index (χ0v) is 9.87. The first-order chi connectivity index (χ1) is 7.34. The lowest BCUT2D eigenvalue weighted by Gasteiger charge is -2.20. The molecule has 0 heterocycles. The van der Waals surface area contributed by atoms with Crippen LogP contribution in [-0.4, -0.2) is 37.5 Å². The summed E-state index contributed by atoms with van der Waals surface area (Å²) in [6.45, 7) is 4.68. The molecule has 0 aliphatic heterocycles. The van der Waals surface area contributed by atoms with Gasteiger partial charge < -0.3 is 15.2 Å². The molecule has 90 valence electrons. The second kappa shape index (κ2) is 8.08. The molecule has 0 spiro atoms. The van der Waals surface area contributed by atoms with E-state index in [4.69, 9.17) is 9.84 Å². The van der Waals surface area contributed by atoms with E-state index in [1.807, 2.05) is 0 Å². The number of nitrogens with one attached hydrogen (secondary N) is 1. The monoisotopic (exact) mass is 215 g/mol. The smallest absolute Gasteiger partial charge is 0.0697 e. The maximum absolute atomic E-state index is 8.51. The van der Waals surface area contributed by atoms with E-state index in [9.17, 15) is 0 Å². The molecule has 0 aromatic carbocycles. The van der Waals surface area contributed by atoms with Crippen molar-refractivity contribution < 1.29 is 9.84 Å². The Balaban J connectivity index is 1.90. The predicted octanol–water partition coefficient (Wildman–Crippen LogP) is 1.55. The predicted molar refractivity (Wildman–Crippen MR) is 61.9 cm³/mol. The fourth-order valence-electron chi connectivity index (χ4n) is 2.29. The minimum atomic E-state index is 0.131. The number of hydrogen-bond donors (Lipinski definition) is 2. The maximum atomic E-state index is 8.51. The van der Waals surface area contributed by atoms with Gasteiger partial charge in [0.05, 0.1) is 13.2 Å². The van der Waals surface area contributed by atoms with Gasteiger partial charge in [-0.05, 0) is 38.6 Å². The topological polar surface area (TPSA) is 41.5 Å². The highest BCUT2D eigenvalue weighted by atomic mass is 16.5. The Bertz CT molecular complexity index is 147. The van der Waals surface area contributed by atoms with Crippen molar-refractivity contribution >= 4 is 0 Å². The van der Waals surface area contributed by atoms with Gasteiger partial charge in [-0.25, -0.2) is 0 Å². The highest BCUT2D eigenvalue weighted by Crippen LogP contribution is 2.27. The van der Waals surface area contributed by atoms with E-state index in [0.717, 1.165) is 25.5 Å². The Hall–Kier alpha value is -0.120. The van der Waals surface area contributed by atoms with Crippen molar-refractivity contribution in [1.82, 2.24) is 5.32 Å². The van der Waals surface area contributed by atoms with E-state index in [1.54, 1.807) is 0 Å². The molecule has 1 fully saturated rings. The first kappa shape index (κ1) is 12.9. The van der Waals surface area contributed by atoms with Crippen molar-refractivity contribution in [2.24, 2.45) is 5.92 Å². The third kappa shape index (κ3) is 5.50. The van der Waals surface area contributed by atoms with Gasteiger partial charge in [-0.3, -0.25) is 0 Å². The summed E-state index contributed by atoms with van der Waals surface area (Å²) in [6, 6.07) is 0.658. The molecule has 1 unspecified atom stereocenters. The normalized spacial score (nSPS) is 19.6. The van der Waals surface area contributed by atoms with Gasteiger partial charge >= 0.3 is 0 Å². The summed E-state index contributed by atoms with van der Waals surface area (Å²) in [5.41, 5.74) is 0. The molecule has 0 saturated heterocycles. The molecule has 0 amide bonds. The lowest BCUT2D eigenvalue weighted by Crippen LogP contribution is -2.33. The average molecular weight is 215 g/mol. The van der Waals surface area contributed by atoms with Crippen molar-refractivity contribution in [3.8, 4) is 0 Å². The minimum absolute atomic E-state index is 0.131. The number of aliphatic hydroxyl groups is 1. The molecule has 1 atom stereocenters. The summed E-state index contributed by atoms with van der Waals surface area (Å²) >= 11 is 0. The molecule has 1 rings (SSSR count). The van der Waals surface area contributed by atoms with Gasteiger partial charge in [-0.15, -0.1) is 0 Å². The number of aliphatic hydroxyl groups excluding tert-OH is 1. The standard InChI is InChI=1S/C12H25NO2/c1-11(12-5-2-3-6-12)13-7-4-9-15-10-8-14/h11-14H,2-10H2,1H3. The van der Waals surface area contributed by atoms with Crippen LogP contribution in [0.15, 0.2) is 0 Å². The van der Waals surface area contributed by atoms with Crippen molar-refractivity contribution in [1.29, 1.82) is 0 Å². The van der Waals surface area contributed by atoms with Crippen LogP contribution in [0.2, 0.25) is 0 Å². The summed E-state index contributed by atoms with van der Waals surface area (Å²) in [7, 11) is 0. The molecule has 0 radical (unpaired) electrons. The third-order valence-corrected chi connectivity index (χ3v) is 3.27. The van der Waals surface area contributed by atoms with Gasteiger partial charge in [0.1, 0.15) is 0 Å². The molecule has 1 saturated carbocycles. The van der Waals surface area contributed by atoms with Crippen LogP contribution in [0.25, 0.3) is 0 Å². The van der Waals surface area contributed by atoms with E-state index >= 15 is 0 Å². The van der Waals surface area contributed by atoms with Crippen LogP contribution in [0.4, 0.5) is 0 Å². The molecule has 0 bridgehead atoms. The van der Waals surface area contributed by atoms with E-state index in [0.29, 0.717) is 12.6 Å². The van der Waals surface area contributed by atoms with Gasteiger partial charge in [0.2, 0.25) is 0 Å². The van der Waals surface area contributed by atoms with Crippen LogP contribution in [0, 0.1) is 5.92 Å². The number of rotatable bonds is 8. The third-order valence-electron chi connectivity index (χ3n) is 3.27. The van der Waals surface area contributed by atoms with Crippen molar-refractivity contribution in [3.63, 3.8) is 0 Å². The lowest BCUT2D eigenvalue weighted by molar-refractivity contribution is 0.0901. The first-order valence-electron chi connectivity index (χ1n) is 6.26. The zero-order chi connectivity index (χ0) is 10.9. The second-order valence-corrected chi connectivity index (χ2v) is 4.48. The van der Waals surface area contributed by atoms with Crippen molar-refractivity contribution in [2.75, 3.05) is 26.4 Å². The summed E-state index contributed by atoms with van der Waals surface area (Å²) < 4.78 is 5.20. The van der Waals surface area contributed by atoms with Gasteiger partial charge in [0.15, 0.2) is 0 Å². The van der Waals surface area contributed by atoms with E-state index < -0.39 is 0 Å². The van der Waals surface area contributed by atoms with Crippen molar-refractivity contribution in [2.45, 2.75) is 45.1 Å². The SMILES string of the molecule is CC(NCCCOCCO)C1CCCC1. The Morgan fingerprint density at radius 1 is 1.33 bits per heavy atom. The fraction of sp³-hybridized carbons (Fsp3) is 1.00. The van der Waals surface area contributed by atoms with E-state index in [1.165, 1.54) is 25.7 Å². The van der Waals surface area contributed by atoms with Gasteiger partial charge in [-0.2, -0.15) is 0 Å².